The number of hydrogen-bond acceptors (Lipinski definition) is 20. The number of nitrogens with one attached hydrogen (secondary N) is 1. The lowest BCUT2D eigenvalue weighted by molar-refractivity contribution is 0.471. The number of phenolic OH excluding ortho intramolecular Hbond substituents is 2. The topological polar surface area (TPSA) is 393 Å². The highest BCUT2D eigenvalue weighted by Gasteiger charge is 2.24. The van der Waals surface area contributed by atoms with Crippen molar-refractivity contribution in [3.05, 3.63) is 133 Å². The number of benzene rings is 8. The van der Waals surface area contributed by atoms with E-state index >= 15 is 0 Å². The quantitative estimate of drug-likeness (QED) is 0.0294. The Morgan fingerprint density at radius 3 is 1.38 bits per heavy atom. The number of nitrogen functional groups attached to an aromatic ring is 3. The number of aryl methyl sites for hydroxylation is 1. The number of aromatic hydroxyl groups is 2. The molecule has 0 aliphatic heterocycles. The molecule has 0 saturated carbocycles. The molecular weight excluding hydrogens is 981 g/mol. The standard InChI is InChI=1S/C45H36N12O11S3/c1-23-16-26(46)4-13-36(23)54-51-30-6-2-24-17-40(70(63,64)65)42(44(58)33(24)20-30)56-50-29-10-8-28(9-11-29)49-38-15-12-32(22-39(38)69(60,61)62)53-57-43-41(71(66,67)68)18-25-3-7-31(21-34(25)45(43)59)52-55-37-14-5-27(47)19-35(37)48/h2-22,49,58-59H,46-48H2,1H3,(H,60,61,62)(H,63,64,65)(H,66,67,68). The fourth-order valence-corrected chi connectivity index (χ4v) is 8.90. The summed E-state index contributed by atoms with van der Waals surface area (Å²) in [5.74, 6) is -1.38. The third kappa shape index (κ3) is 10.9. The van der Waals surface area contributed by atoms with Crippen molar-refractivity contribution in [2.45, 2.75) is 21.6 Å². The van der Waals surface area contributed by atoms with Gasteiger partial charge in [0, 0.05) is 27.8 Å². The van der Waals surface area contributed by atoms with Crippen molar-refractivity contribution >= 4 is 126 Å². The summed E-state index contributed by atoms with van der Waals surface area (Å²) in [4.78, 5) is -2.28. The van der Waals surface area contributed by atoms with Crippen LogP contribution in [0.4, 0.5) is 73.9 Å². The molecule has 0 atom stereocenters. The molecule has 0 amide bonds. The summed E-state index contributed by atoms with van der Waals surface area (Å²) < 4.78 is 105. The molecule has 0 aliphatic carbocycles. The summed E-state index contributed by atoms with van der Waals surface area (Å²) in [6.45, 7) is 1.80. The Bertz CT molecular complexity index is 3970. The second-order valence-electron chi connectivity index (χ2n) is 15.4. The lowest BCUT2D eigenvalue weighted by Crippen LogP contribution is -2.03. The molecule has 8 aromatic carbocycles. The lowest BCUT2D eigenvalue weighted by atomic mass is 10.1. The van der Waals surface area contributed by atoms with Crippen LogP contribution in [0.25, 0.3) is 21.5 Å². The molecule has 0 bridgehead atoms. The van der Waals surface area contributed by atoms with Crippen LogP contribution in [0.3, 0.4) is 0 Å². The maximum atomic E-state index is 12.6. The van der Waals surface area contributed by atoms with Crippen LogP contribution in [-0.4, -0.2) is 49.1 Å². The third-order valence-electron chi connectivity index (χ3n) is 10.4. The second kappa shape index (κ2) is 19.0. The minimum absolute atomic E-state index is 0.0214. The molecule has 0 heterocycles. The minimum Gasteiger partial charge on any atom is -0.505 e. The Labute approximate surface area is 402 Å². The fourth-order valence-electron chi connectivity index (χ4n) is 6.92. The molecule has 0 aromatic heterocycles. The number of nitrogens with zero attached hydrogens (tertiary/aromatic N) is 8. The molecule has 71 heavy (non-hydrogen) atoms. The van der Waals surface area contributed by atoms with Gasteiger partial charge in [0.1, 0.15) is 31.7 Å². The van der Waals surface area contributed by atoms with Crippen LogP contribution in [0.1, 0.15) is 5.56 Å². The van der Waals surface area contributed by atoms with E-state index in [1.165, 1.54) is 78.9 Å². The maximum Gasteiger partial charge on any atom is 0.296 e. The van der Waals surface area contributed by atoms with Crippen LogP contribution >= 0.6 is 0 Å². The normalized spacial score (nSPS) is 12.6. The average molecular weight is 1020 g/mol. The van der Waals surface area contributed by atoms with Crippen LogP contribution in [0.15, 0.2) is 183 Å². The van der Waals surface area contributed by atoms with Gasteiger partial charge in [-0.2, -0.15) is 50.8 Å². The zero-order valence-corrected chi connectivity index (χ0v) is 38.8. The molecule has 12 N–H and O–H groups in total. The van der Waals surface area contributed by atoms with Gasteiger partial charge >= 0.3 is 0 Å². The molecule has 0 fully saturated rings. The molecule has 26 heteroatoms. The third-order valence-corrected chi connectivity index (χ3v) is 13.0. The zero-order chi connectivity index (χ0) is 51.0. The first kappa shape index (κ1) is 48.7. The number of azo groups is 4. The Hall–Kier alpha value is -8.79. The van der Waals surface area contributed by atoms with Crippen molar-refractivity contribution in [1.82, 2.24) is 0 Å². The molecule has 23 nitrogen and oxygen atoms in total. The van der Waals surface area contributed by atoms with E-state index in [-0.39, 0.29) is 55.7 Å². The van der Waals surface area contributed by atoms with E-state index in [0.29, 0.717) is 28.4 Å². The summed E-state index contributed by atoms with van der Waals surface area (Å²) in [6.07, 6.45) is 0. The van der Waals surface area contributed by atoms with Crippen molar-refractivity contribution in [2.24, 2.45) is 40.9 Å². The van der Waals surface area contributed by atoms with Gasteiger partial charge in [-0.25, -0.2) is 0 Å². The monoisotopic (exact) mass is 1020 g/mol. The number of phenols is 2. The number of rotatable bonds is 13. The number of nitrogens with two attached hydrogens (primary N) is 3. The van der Waals surface area contributed by atoms with Gasteiger partial charge in [0.05, 0.1) is 39.8 Å². The van der Waals surface area contributed by atoms with Gasteiger partial charge < -0.3 is 32.7 Å². The van der Waals surface area contributed by atoms with Crippen LogP contribution in [0, 0.1) is 6.92 Å². The highest BCUT2D eigenvalue weighted by atomic mass is 32.2. The van der Waals surface area contributed by atoms with E-state index in [1.807, 2.05) is 0 Å². The van der Waals surface area contributed by atoms with Crippen molar-refractivity contribution in [3.8, 4) is 11.5 Å². The first-order valence-electron chi connectivity index (χ1n) is 20.2. The summed E-state index contributed by atoms with van der Waals surface area (Å²) in [5.41, 5.74) is 19.4. The van der Waals surface area contributed by atoms with E-state index in [2.05, 4.69) is 46.2 Å². The van der Waals surface area contributed by atoms with E-state index in [4.69, 9.17) is 17.2 Å². The summed E-state index contributed by atoms with van der Waals surface area (Å²) in [5, 5.41) is 58.3. The minimum atomic E-state index is -5.03. The Kier molecular flexibility index (Phi) is 13.0. The smallest absolute Gasteiger partial charge is 0.296 e. The second-order valence-corrected chi connectivity index (χ2v) is 19.6. The molecule has 0 aliphatic rings. The molecule has 0 unspecified atom stereocenters. The summed E-state index contributed by atoms with van der Waals surface area (Å²) in [6, 6.07) is 29.4. The molecule has 8 rings (SSSR count). The maximum absolute atomic E-state index is 12.6. The van der Waals surface area contributed by atoms with Gasteiger partial charge in [-0.1, -0.05) is 12.1 Å². The summed E-state index contributed by atoms with van der Waals surface area (Å²) in [7, 11) is -15.0. The SMILES string of the molecule is Cc1cc(N)ccc1N=Nc1ccc2cc(S(=O)(=O)O)c(N=Nc3ccc(Nc4ccc(N=Nc5c(S(=O)(=O)O)cc6ccc(N=Nc7ccc(N)cc7N)cc6c5O)cc4S(=O)(=O)O)cc3)c(O)c2c1. The molecule has 360 valence electrons. The van der Waals surface area contributed by atoms with Crippen LogP contribution in [-0.2, 0) is 30.4 Å². The fraction of sp³-hybridized carbons (Fsp3) is 0.0222. The van der Waals surface area contributed by atoms with E-state index < -0.39 is 67.9 Å². The van der Waals surface area contributed by atoms with Gasteiger partial charge in [0.2, 0.25) is 0 Å². The predicted octanol–water partition coefficient (Wildman–Crippen LogP) is 11.6. The van der Waals surface area contributed by atoms with Gasteiger partial charge in [-0.05, 0) is 139 Å². The number of hydrogen-bond donors (Lipinski definition) is 9. The van der Waals surface area contributed by atoms with Crippen molar-refractivity contribution in [3.63, 3.8) is 0 Å². The van der Waals surface area contributed by atoms with E-state index in [9.17, 15) is 49.1 Å². The van der Waals surface area contributed by atoms with Gasteiger partial charge in [-0.15, -0.1) is 15.3 Å². The predicted molar refractivity (Wildman–Crippen MR) is 264 cm³/mol. The van der Waals surface area contributed by atoms with Gasteiger partial charge in [0.25, 0.3) is 30.4 Å². The van der Waals surface area contributed by atoms with Crippen molar-refractivity contribution < 1.29 is 49.1 Å². The molecule has 8 aromatic rings. The zero-order valence-electron chi connectivity index (χ0n) is 36.3. The highest BCUT2D eigenvalue weighted by molar-refractivity contribution is 7.86. The first-order chi connectivity index (χ1) is 33.5. The highest BCUT2D eigenvalue weighted by Crippen LogP contribution is 2.45. The molecular formula is C45H36N12O11S3. The van der Waals surface area contributed by atoms with Crippen LogP contribution in [0.2, 0.25) is 0 Å². The van der Waals surface area contributed by atoms with Crippen LogP contribution in [0.5, 0.6) is 11.5 Å². The lowest BCUT2D eigenvalue weighted by Gasteiger charge is -2.12. The molecule has 0 saturated heterocycles. The van der Waals surface area contributed by atoms with E-state index in [1.54, 1.807) is 37.3 Å². The van der Waals surface area contributed by atoms with Gasteiger partial charge in [-0.3, -0.25) is 13.7 Å². The van der Waals surface area contributed by atoms with Crippen molar-refractivity contribution in [1.29, 1.82) is 0 Å². The Balaban J connectivity index is 1.05. The summed E-state index contributed by atoms with van der Waals surface area (Å²) >= 11 is 0. The molecule has 0 spiro atoms. The van der Waals surface area contributed by atoms with E-state index in [0.717, 1.165) is 23.8 Å². The number of fused-ring (bicyclic) bond motifs is 2. The van der Waals surface area contributed by atoms with Gasteiger partial charge in [0.15, 0.2) is 11.5 Å². The van der Waals surface area contributed by atoms with Crippen molar-refractivity contribution in [2.75, 3.05) is 22.5 Å². The Morgan fingerprint density at radius 1 is 0.437 bits per heavy atom. The first-order valence-corrected chi connectivity index (χ1v) is 24.5. The Morgan fingerprint density at radius 2 is 0.873 bits per heavy atom. The largest absolute Gasteiger partial charge is 0.505 e. The van der Waals surface area contributed by atoms with Crippen LogP contribution < -0.4 is 22.5 Å². The molecule has 0 radical (unpaired) electrons. The number of anilines is 5. The average Bonchev–Trinajstić information content (AvgIpc) is 3.30.